The topological polar surface area (TPSA) is 76.0 Å². The van der Waals surface area contributed by atoms with Gasteiger partial charge in [-0.05, 0) is 45.0 Å². The van der Waals surface area contributed by atoms with E-state index in [1.807, 2.05) is 20.8 Å². The summed E-state index contributed by atoms with van der Waals surface area (Å²) in [4.78, 5) is 27.6. The molecule has 0 aliphatic rings. The van der Waals surface area contributed by atoms with Crippen molar-refractivity contribution in [3.05, 3.63) is 48.5 Å². The Morgan fingerprint density at radius 1 is 1.14 bits per heavy atom. The van der Waals surface area contributed by atoms with Gasteiger partial charge in [0, 0.05) is 29.2 Å². The van der Waals surface area contributed by atoms with Crippen molar-refractivity contribution in [1.29, 1.82) is 0 Å². The Bertz CT molecular complexity index is 625. The van der Waals surface area contributed by atoms with E-state index >= 15 is 0 Å². The Hall–Kier alpha value is -2.63. The van der Waals surface area contributed by atoms with Crippen LogP contribution in [0.2, 0.25) is 0 Å². The number of imidazole rings is 1. The van der Waals surface area contributed by atoms with Crippen molar-refractivity contribution < 1.29 is 9.59 Å². The summed E-state index contributed by atoms with van der Waals surface area (Å²) in [6.07, 6.45) is 4.50. The summed E-state index contributed by atoms with van der Waals surface area (Å²) in [6, 6.07) is 6.41. The molecule has 0 fully saturated rings. The number of nitrogens with one attached hydrogen (secondary N) is 2. The lowest BCUT2D eigenvalue weighted by atomic mass is 10.1. The van der Waals surface area contributed by atoms with Crippen molar-refractivity contribution in [3.8, 4) is 0 Å². The molecule has 110 valence electrons. The average molecular weight is 286 g/mol. The molecule has 2 aromatic rings. The maximum absolute atomic E-state index is 12.0. The van der Waals surface area contributed by atoms with Gasteiger partial charge in [-0.15, -0.1) is 0 Å². The lowest BCUT2D eigenvalue weighted by Crippen LogP contribution is -2.40. The highest BCUT2D eigenvalue weighted by Gasteiger charge is 2.15. The van der Waals surface area contributed by atoms with Crippen molar-refractivity contribution >= 4 is 17.6 Å². The third-order valence-electron chi connectivity index (χ3n) is 2.63. The van der Waals surface area contributed by atoms with Gasteiger partial charge in [0.05, 0.1) is 0 Å². The molecular weight excluding hydrogens is 268 g/mol. The first-order valence-electron chi connectivity index (χ1n) is 6.57. The van der Waals surface area contributed by atoms with Crippen molar-refractivity contribution in [2.24, 2.45) is 0 Å². The summed E-state index contributed by atoms with van der Waals surface area (Å²) in [5.74, 6) is -0.144. The summed E-state index contributed by atoms with van der Waals surface area (Å²) in [5.41, 5.74) is 0.873. The number of amides is 2. The molecule has 2 rings (SSSR count). The van der Waals surface area contributed by atoms with Crippen LogP contribution in [0, 0.1) is 0 Å². The second-order valence-corrected chi connectivity index (χ2v) is 5.68. The number of hydrogen-bond donors (Lipinski definition) is 2. The minimum Gasteiger partial charge on any atom is -0.347 e. The van der Waals surface area contributed by atoms with Gasteiger partial charge in [-0.1, -0.05) is 0 Å². The quantitative estimate of drug-likeness (QED) is 0.890. The van der Waals surface area contributed by atoms with Crippen LogP contribution in [0.3, 0.4) is 0 Å². The van der Waals surface area contributed by atoms with E-state index in [4.69, 9.17) is 0 Å². The van der Waals surface area contributed by atoms with Gasteiger partial charge in [0.1, 0.15) is 6.33 Å². The maximum atomic E-state index is 12.0. The lowest BCUT2D eigenvalue weighted by Gasteiger charge is -2.20. The average Bonchev–Trinajstić information content (AvgIpc) is 2.91. The first-order valence-corrected chi connectivity index (χ1v) is 6.57. The molecule has 0 aliphatic carbocycles. The van der Waals surface area contributed by atoms with Gasteiger partial charge in [0.25, 0.3) is 5.91 Å². The Kier molecular flexibility index (Phi) is 4.07. The fraction of sp³-hybridized carbons (Fsp3) is 0.267. The van der Waals surface area contributed by atoms with E-state index in [0.717, 1.165) is 0 Å². The first-order chi connectivity index (χ1) is 9.85. The lowest BCUT2D eigenvalue weighted by molar-refractivity contribution is 0.0919. The maximum Gasteiger partial charge on any atom is 0.331 e. The summed E-state index contributed by atoms with van der Waals surface area (Å²) >= 11 is 0. The normalized spacial score (nSPS) is 11.0. The highest BCUT2D eigenvalue weighted by atomic mass is 16.2. The number of aromatic nitrogens is 2. The second kappa shape index (κ2) is 5.78. The Balaban J connectivity index is 2.02. The van der Waals surface area contributed by atoms with Crippen LogP contribution < -0.4 is 10.6 Å². The van der Waals surface area contributed by atoms with Crippen LogP contribution >= 0.6 is 0 Å². The third-order valence-corrected chi connectivity index (χ3v) is 2.63. The third kappa shape index (κ3) is 4.17. The highest BCUT2D eigenvalue weighted by Crippen LogP contribution is 2.11. The predicted molar refractivity (Wildman–Crippen MR) is 80.3 cm³/mol. The molecule has 2 N–H and O–H groups in total. The van der Waals surface area contributed by atoms with Crippen LogP contribution in [0.4, 0.5) is 10.5 Å². The van der Waals surface area contributed by atoms with Gasteiger partial charge < -0.3 is 10.6 Å². The van der Waals surface area contributed by atoms with E-state index in [-0.39, 0.29) is 17.5 Å². The zero-order chi connectivity index (χ0) is 15.5. The summed E-state index contributed by atoms with van der Waals surface area (Å²) < 4.78 is 1.33. The van der Waals surface area contributed by atoms with Crippen molar-refractivity contribution in [2.75, 3.05) is 5.32 Å². The zero-order valence-electron chi connectivity index (χ0n) is 12.3. The molecule has 6 heteroatoms. The highest BCUT2D eigenvalue weighted by molar-refractivity contribution is 5.96. The van der Waals surface area contributed by atoms with Gasteiger partial charge in [0.15, 0.2) is 0 Å². The Morgan fingerprint density at radius 2 is 1.81 bits per heavy atom. The molecule has 0 aliphatic heterocycles. The second-order valence-electron chi connectivity index (χ2n) is 5.68. The van der Waals surface area contributed by atoms with Gasteiger partial charge in [0.2, 0.25) is 0 Å². The molecule has 0 spiro atoms. The molecule has 6 nitrogen and oxygen atoms in total. The predicted octanol–water partition coefficient (Wildman–Crippen LogP) is 2.49. The summed E-state index contributed by atoms with van der Waals surface area (Å²) in [5, 5.41) is 5.59. The van der Waals surface area contributed by atoms with E-state index in [9.17, 15) is 9.59 Å². The van der Waals surface area contributed by atoms with Gasteiger partial charge in [-0.2, -0.15) is 0 Å². The molecule has 0 unspecified atom stereocenters. The number of rotatable bonds is 2. The van der Waals surface area contributed by atoms with E-state index in [0.29, 0.717) is 11.3 Å². The number of carbonyl (C=O) groups excluding carboxylic acids is 2. The van der Waals surface area contributed by atoms with Crippen LogP contribution in [-0.4, -0.2) is 27.0 Å². The molecule has 1 aromatic carbocycles. The minimum absolute atomic E-state index is 0.144. The van der Waals surface area contributed by atoms with Crippen molar-refractivity contribution in [2.45, 2.75) is 26.3 Å². The molecule has 1 aromatic heterocycles. The molecule has 0 bridgehead atoms. The number of hydrogen-bond acceptors (Lipinski definition) is 3. The van der Waals surface area contributed by atoms with Crippen LogP contribution in [-0.2, 0) is 0 Å². The standard InChI is InChI=1S/C15H18N4O2/c1-15(2,3)18-13(20)11-4-6-12(7-5-11)17-14(21)19-9-8-16-10-19/h4-10H,1-3H3,(H,17,21)(H,18,20). The number of anilines is 1. The van der Waals surface area contributed by atoms with Crippen LogP contribution in [0.25, 0.3) is 0 Å². The molecular formula is C15H18N4O2. The molecule has 1 heterocycles. The molecule has 0 saturated heterocycles. The minimum atomic E-state index is -0.306. The summed E-state index contributed by atoms with van der Waals surface area (Å²) in [7, 11) is 0. The fourth-order valence-electron chi connectivity index (χ4n) is 1.68. The Labute approximate surface area is 123 Å². The van der Waals surface area contributed by atoms with E-state index in [2.05, 4.69) is 15.6 Å². The van der Waals surface area contributed by atoms with E-state index < -0.39 is 0 Å². The number of carbonyl (C=O) groups is 2. The Morgan fingerprint density at radius 3 is 2.33 bits per heavy atom. The van der Waals surface area contributed by atoms with E-state index in [1.54, 1.807) is 30.5 Å². The number of benzene rings is 1. The van der Waals surface area contributed by atoms with Crippen LogP contribution in [0.15, 0.2) is 43.0 Å². The number of nitrogens with zero attached hydrogens (tertiary/aromatic N) is 2. The monoisotopic (exact) mass is 286 g/mol. The summed E-state index contributed by atoms with van der Waals surface area (Å²) in [6.45, 7) is 5.76. The SMILES string of the molecule is CC(C)(C)NC(=O)c1ccc(NC(=O)n2ccnc2)cc1. The molecule has 0 saturated carbocycles. The van der Waals surface area contributed by atoms with Crippen molar-refractivity contribution in [1.82, 2.24) is 14.9 Å². The largest absolute Gasteiger partial charge is 0.347 e. The zero-order valence-corrected chi connectivity index (χ0v) is 12.3. The van der Waals surface area contributed by atoms with E-state index in [1.165, 1.54) is 17.1 Å². The molecule has 21 heavy (non-hydrogen) atoms. The van der Waals surface area contributed by atoms with Crippen LogP contribution in [0.1, 0.15) is 31.1 Å². The molecule has 0 atom stereocenters. The van der Waals surface area contributed by atoms with Gasteiger partial charge in [-0.3, -0.25) is 9.36 Å². The fourth-order valence-corrected chi connectivity index (χ4v) is 1.68. The first kappa shape index (κ1) is 14.8. The van der Waals surface area contributed by atoms with Gasteiger partial charge >= 0.3 is 6.03 Å². The smallest absolute Gasteiger partial charge is 0.331 e. The molecule has 0 radical (unpaired) electrons. The molecule has 2 amide bonds. The van der Waals surface area contributed by atoms with Gasteiger partial charge in [-0.25, -0.2) is 9.78 Å². The van der Waals surface area contributed by atoms with Crippen molar-refractivity contribution in [3.63, 3.8) is 0 Å². The van der Waals surface area contributed by atoms with Crippen LogP contribution in [0.5, 0.6) is 0 Å².